The van der Waals surface area contributed by atoms with Crippen molar-refractivity contribution in [2.45, 2.75) is 19.5 Å². The Morgan fingerprint density at radius 3 is 2.36 bits per heavy atom. The number of hydrogen-bond donors (Lipinski definition) is 2. The van der Waals surface area contributed by atoms with E-state index in [-0.39, 0.29) is 17.6 Å². The summed E-state index contributed by atoms with van der Waals surface area (Å²) in [6.45, 7) is 1.99. The molecular weight excluding hydrogens is 322 g/mol. The van der Waals surface area contributed by atoms with Crippen LogP contribution in [0.15, 0.2) is 47.1 Å². The Bertz CT molecular complexity index is 738. The van der Waals surface area contributed by atoms with Crippen LogP contribution in [0.3, 0.4) is 0 Å². The van der Waals surface area contributed by atoms with E-state index in [9.17, 15) is 14.4 Å². The molecule has 0 fully saturated rings. The van der Waals surface area contributed by atoms with Crippen LogP contribution >= 0.6 is 0 Å². The van der Waals surface area contributed by atoms with Crippen molar-refractivity contribution in [2.75, 3.05) is 14.1 Å². The highest BCUT2D eigenvalue weighted by molar-refractivity contribution is 5.95. The van der Waals surface area contributed by atoms with Gasteiger partial charge in [0.05, 0.1) is 6.26 Å². The molecule has 0 aliphatic heterocycles. The van der Waals surface area contributed by atoms with E-state index in [0.717, 1.165) is 5.56 Å². The lowest BCUT2D eigenvalue weighted by molar-refractivity contribution is -0.132. The van der Waals surface area contributed by atoms with Crippen LogP contribution < -0.4 is 10.6 Å². The molecule has 0 saturated carbocycles. The zero-order valence-electron chi connectivity index (χ0n) is 14.4. The third-order valence-corrected chi connectivity index (χ3v) is 3.70. The maximum absolute atomic E-state index is 12.4. The predicted octanol–water partition coefficient (Wildman–Crippen LogP) is 1.42. The van der Waals surface area contributed by atoms with Crippen molar-refractivity contribution in [3.8, 4) is 0 Å². The predicted molar refractivity (Wildman–Crippen MR) is 91.9 cm³/mol. The molecule has 7 nitrogen and oxygen atoms in total. The van der Waals surface area contributed by atoms with Gasteiger partial charge in [-0.2, -0.15) is 0 Å². The smallest absolute Gasteiger partial charge is 0.287 e. The summed E-state index contributed by atoms with van der Waals surface area (Å²) < 4.78 is 5.00. The number of carbonyl (C=O) groups excluding carboxylic acids is 3. The highest BCUT2D eigenvalue weighted by atomic mass is 16.3. The molecule has 1 aromatic carbocycles. The monoisotopic (exact) mass is 343 g/mol. The molecule has 0 unspecified atom stereocenters. The number of amides is 3. The molecule has 1 atom stereocenters. The van der Waals surface area contributed by atoms with E-state index >= 15 is 0 Å². The van der Waals surface area contributed by atoms with E-state index in [1.807, 2.05) is 0 Å². The van der Waals surface area contributed by atoms with E-state index in [2.05, 4.69) is 10.6 Å². The molecule has 0 spiro atoms. The van der Waals surface area contributed by atoms with Crippen LogP contribution in [0.25, 0.3) is 0 Å². The molecule has 2 rings (SSSR count). The van der Waals surface area contributed by atoms with Gasteiger partial charge in [0, 0.05) is 26.2 Å². The zero-order valence-corrected chi connectivity index (χ0v) is 14.4. The summed E-state index contributed by atoms with van der Waals surface area (Å²) in [5.74, 6) is -0.665. The number of likely N-dealkylation sites (N-methyl/N-ethyl adjacent to an activating group) is 1. The first-order chi connectivity index (χ1) is 11.9. The topological polar surface area (TPSA) is 91.7 Å². The van der Waals surface area contributed by atoms with Crippen LogP contribution in [0.1, 0.15) is 33.4 Å². The summed E-state index contributed by atoms with van der Waals surface area (Å²) >= 11 is 0. The minimum atomic E-state index is -0.687. The summed E-state index contributed by atoms with van der Waals surface area (Å²) in [5, 5.41) is 5.16. The number of nitrogens with one attached hydrogen (secondary N) is 2. The molecule has 7 heteroatoms. The lowest BCUT2D eigenvalue weighted by Crippen LogP contribution is -2.45. The Kier molecular flexibility index (Phi) is 5.94. The average Bonchev–Trinajstić information content (AvgIpc) is 3.15. The van der Waals surface area contributed by atoms with Crippen LogP contribution in [0.5, 0.6) is 0 Å². The van der Waals surface area contributed by atoms with Gasteiger partial charge in [-0.1, -0.05) is 12.1 Å². The van der Waals surface area contributed by atoms with Gasteiger partial charge in [0.1, 0.15) is 6.04 Å². The second-order valence-corrected chi connectivity index (χ2v) is 5.64. The number of rotatable bonds is 6. The average molecular weight is 343 g/mol. The van der Waals surface area contributed by atoms with Gasteiger partial charge in [-0.15, -0.1) is 0 Å². The molecule has 0 aliphatic carbocycles. The van der Waals surface area contributed by atoms with E-state index in [1.165, 1.54) is 17.2 Å². The Morgan fingerprint density at radius 2 is 1.80 bits per heavy atom. The molecule has 0 radical (unpaired) electrons. The third kappa shape index (κ3) is 4.69. The molecule has 132 valence electrons. The Labute approximate surface area is 146 Å². The molecule has 0 aliphatic rings. The quantitative estimate of drug-likeness (QED) is 0.830. The summed E-state index contributed by atoms with van der Waals surface area (Å²) in [7, 11) is 3.23. The number of furan rings is 1. The highest BCUT2D eigenvalue weighted by Crippen LogP contribution is 2.08. The normalized spacial score (nSPS) is 11.5. The molecule has 25 heavy (non-hydrogen) atoms. The van der Waals surface area contributed by atoms with E-state index in [4.69, 9.17) is 4.42 Å². The summed E-state index contributed by atoms with van der Waals surface area (Å²) in [4.78, 5) is 37.3. The molecule has 3 amide bonds. The minimum Gasteiger partial charge on any atom is -0.459 e. The molecule has 1 heterocycles. The van der Waals surface area contributed by atoms with Gasteiger partial charge in [0.2, 0.25) is 5.91 Å². The molecule has 0 saturated heterocycles. The maximum Gasteiger partial charge on any atom is 0.287 e. The number of carbonyl (C=O) groups is 3. The molecule has 0 bridgehead atoms. The van der Waals surface area contributed by atoms with Crippen molar-refractivity contribution >= 4 is 17.7 Å². The van der Waals surface area contributed by atoms with Crippen LogP contribution in [0.4, 0.5) is 0 Å². The standard InChI is InChI=1S/C18H21N3O4/c1-12(20-17(23)15-5-4-10-25-15)18(24)21(3)11-13-6-8-14(9-7-13)16(22)19-2/h4-10,12H,11H2,1-3H3,(H,19,22)(H,20,23)/t12-/m0/s1. The second kappa shape index (κ2) is 8.14. The second-order valence-electron chi connectivity index (χ2n) is 5.64. The van der Waals surface area contributed by atoms with Crippen LogP contribution in [-0.4, -0.2) is 42.8 Å². The molecular formula is C18H21N3O4. The van der Waals surface area contributed by atoms with Crippen molar-refractivity contribution in [2.24, 2.45) is 0 Å². The van der Waals surface area contributed by atoms with Crippen molar-refractivity contribution in [1.29, 1.82) is 0 Å². The van der Waals surface area contributed by atoms with E-state index in [1.54, 1.807) is 51.4 Å². The summed E-state index contributed by atoms with van der Waals surface area (Å²) in [5.41, 5.74) is 1.44. The largest absolute Gasteiger partial charge is 0.459 e. The lowest BCUT2D eigenvalue weighted by atomic mass is 10.1. The number of benzene rings is 1. The fraction of sp³-hybridized carbons (Fsp3) is 0.278. The minimum absolute atomic E-state index is 0.159. The zero-order chi connectivity index (χ0) is 18.4. The first kappa shape index (κ1) is 18.3. The first-order valence-corrected chi connectivity index (χ1v) is 7.82. The lowest BCUT2D eigenvalue weighted by Gasteiger charge is -2.22. The van der Waals surface area contributed by atoms with Gasteiger partial charge in [-0.25, -0.2) is 0 Å². The van der Waals surface area contributed by atoms with Crippen molar-refractivity contribution in [3.05, 3.63) is 59.5 Å². The van der Waals surface area contributed by atoms with Gasteiger partial charge in [-0.05, 0) is 36.8 Å². The summed E-state index contributed by atoms with van der Waals surface area (Å²) in [6, 6.07) is 9.44. The molecule has 1 aromatic heterocycles. The van der Waals surface area contributed by atoms with Crippen LogP contribution in [-0.2, 0) is 11.3 Å². The van der Waals surface area contributed by atoms with Crippen molar-refractivity contribution < 1.29 is 18.8 Å². The van der Waals surface area contributed by atoms with Gasteiger partial charge in [0.15, 0.2) is 5.76 Å². The maximum atomic E-state index is 12.4. The number of hydrogen-bond acceptors (Lipinski definition) is 4. The van der Waals surface area contributed by atoms with Crippen molar-refractivity contribution in [3.63, 3.8) is 0 Å². The molecule has 2 aromatic rings. The molecule has 2 N–H and O–H groups in total. The highest BCUT2D eigenvalue weighted by Gasteiger charge is 2.21. The first-order valence-electron chi connectivity index (χ1n) is 7.82. The van der Waals surface area contributed by atoms with Gasteiger partial charge in [-0.3, -0.25) is 14.4 Å². The fourth-order valence-corrected chi connectivity index (χ4v) is 2.33. The van der Waals surface area contributed by atoms with Crippen LogP contribution in [0, 0.1) is 0 Å². The Hall–Kier alpha value is -3.09. The van der Waals surface area contributed by atoms with E-state index < -0.39 is 11.9 Å². The van der Waals surface area contributed by atoms with Crippen molar-refractivity contribution in [1.82, 2.24) is 15.5 Å². The Morgan fingerprint density at radius 1 is 1.12 bits per heavy atom. The third-order valence-electron chi connectivity index (χ3n) is 3.70. The summed E-state index contributed by atoms with van der Waals surface area (Å²) in [6.07, 6.45) is 1.40. The van der Waals surface area contributed by atoms with E-state index in [0.29, 0.717) is 12.1 Å². The number of nitrogens with zero attached hydrogens (tertiary/aromatic N) is 1. The SMILES string of the molecule is CNC(=O)c1ccc(CN(C)C(=O)[C@H](C)NC(=O)c2ccco2)cc1. The fourth-order valence-electron chi connectivity index (χ4n) is 2.33. The van der Waals surface area contributed by atoms with Gasteiger partial charge in [0.25, 0.3) is 11.8 Å². The van der Waals surface area contributed by atoms with Crippen LogP contribution in [0.2, 0.25) is 0 Å². The van der Waals surface area contributed by atoms with Gasteiger partial charge >= 0.3 is 0 Å². The van der Waals surface area contributed by atoms with Gasteiger partial charge < -0.3 is 20.0 Å². The Balaban J connectivity index is 1.92.